The van der Waals surface area contributed by atoms with Crippen LogP contribution < -0.4 is 5.32 Å². The molecule has 0 aliphatic carbocycles. The molecule has 2 heterocycles. The Morgan fingerprint density at radius 1 is 1.44 bits per heavy atom. The van der Waals surface area contributed by atoms with E-state index in [2.05, 4.69) is 55.1 Å². The van der Waals surface area contributed by atoms with Gasteiger partial charge in [0, 0.05) is 25.6 Å². The number of aromatic nitrogens is 2. The zero-order chi connectivity index (χ0) is 13.3. The van der Waals surface area contributed by atoms with E-state index < -0.39 is 0 Å². The summed E-state index contributed by atoms with van der Waals surface area (Å²) < 4.78 is 5.44. The molecule has 2 unspecified atom stereocenters. The van der Waals surface area contributed by atoms with Gasteiger partial charge in [-0.05, 0) is 12.5 Å². The van der Waals surface area contributed by atoms with Crippen molar-refractivity contribution in [2.45, 2.75) is 39.7 Å². The van der Waals surface area contributed by atoms with Gasteiger partial charge in [0.2, 0.25) is 5.89 Å². The fourth-order valence-electron chi connectivity index (χ4n) is 2.02. The summed E-state index contributed by atoms with van der Waals surface area (Å²) in [7, 11) is 2.11. The molecule has 1 fully saturated rings. The van der Waals surface area contributed by atoms with Crippen molar-refractivity contribution in [2.75, 3.05) is 26.7 Å². The maximum Gasteiger partial charge on any atom is 0.230 e. The third-order valence-corrected chi connectivity index (χ3v) is 3.94. The maximum atomic E-state index is 5.44. The van der Waals surface area contributed by atoms with Gasteiger partial charge in [-0.25, -0.2) is 0 Å². The van der Waals surface area contributed by atoms with Crippen molar-refractivity contribution in [3.05, 3.63) is 11.7 Å². The smallest absolute Gasteiger partial charge is 0.230 e. The average molecular weight is 252 g/mol. The van der Waals surface area contributed by atoms with Gasteiger partial charge in [-0.1, -0.05) is 32.9 Å². The first kappa shape index (κ1) is 13.5. The molecule has 1 aliphatic rings. The lowest BCUT2D eigenvalue weighted by Crippen LogP contribution is -2.44. The molecule has 1 N–H and O–H groups in total. The standard InChI is InChI=1S/C13H24N4O/c1-9(13(2,3)4)12-15-11(16-18-12)10-8-14-6-7-17(10)5/h9-10,14H,6-8H2,1-5H3. The number of piperazine rings is 1. The Bertz CT molecular complexity index is 396. The van der Waals surface area contributed by atoms with E-state index >= 15 is 0 Å². The van der Waals surface area contributed by atoms with E-state index in [0.29, 0.717) is 0 Å². The average Bonchev–Trinajstić information content (AvgIpc) is 2.76. The van der Waals surface area contributed by atoms with Gasteiger partial charge in [0.15, 0.2) is 5.82 Å². The van der Waals surface area contributed by atoms with Crippen molar-refractivity contribution in [1.82, 2.24) is 20.4 Å². The van der Waals surface area contributed by atoms with E-state index in [0.717, 1.165) is 31.3 Å². The number of nitrogens with zero attached hydrogens (tertiary/aromatic N) is 3. The first-order chi connectivity index (χ1) is 8.39. The van der Waals surface area contributed by atoms with E-state index in [9.17, 15) is 0 Å². The molecule has 18 heavy (non-hydrogen) atoms. The van der Waals surface area contributed by atoms with Crippen molar-refractivity contribution >= 4 is 0 Å². The summed E-state index contributed by atoms with van der Waals surface area (Å²) in [5.74, 6) is 1.81. The normalized spacial score (nSPS) is 24.2. The van der Waals surface area contributed by atoms with Gasteiger partial charge in [0.25, 0.3) is 0 Å². The Morgan fingerprint density at radius 3 is 2.78 bits per heavy atom. The molecule has 0 amide bonds. The van der Waals surface area contributed by atoms with Crippen LogP contribution in [0.4, 0.5) is 0 Å². The second kappa shape index (κ2) is 4.97. The lowest BCUT2D eigenvalue weighted by Gasteiger charge is -2.30. The van der Waals surface area contributed by atoms with Crippen LogP contribution in [0, 0.1) is 5.41 Å². The van der Waals surface area contributed by atoms with Crippen LogP contribution in [0.5, 0.6) is 0 Å². The van der Waals surface area contributed by atoms with Crippen LogP contribution in [0.25, 0.3) is 0 Å². The monoisotopic (exact) mass is 252 g/mol. The molecule has 0 saturated carbocycles. The molecule has 0 aromatic carbocycles. The van der Waals surface area contributed by atoms with Gasteiger partial charge in [-0.2, -0.15) is 4.98 Å². The minimum absolute atomic E-state index is 0.139. The van der Waals surface area contributed by atoms with E-state index in [1.807, 2.05) is 0 Å². The van der Waals surface area contributed by atoms with Crippen LogP contribution in [-0.4, -0.2) is 41.7 Å². The van der Waals surface area contributed by atoms with E-state index in [1.165, 1.54) is 0 Å². The second-order valence-corrected chi connectivity index (χ2v) is 6.28. The van der Waals surface area contributed by atoms with E-state index in [4.69, 9.17) is 4.52 Å². The van der Waals surface area contributed by atoms with Gasteiger partial charge >= 0.3 is 0 Å². The highest BCUT2D eigenvalue weighted by atomic mass is 16.5. The van der Waals surface area contributed by atoms with Crippen LogP contribution in [0.3, 0.4) is 0 Å². The van der Waals surface area contributed by atoms with Crippen molar-refractivity contribution in [3.63, 3.8) is 0 Å². The van der Waals surface area contributed by atoms with Gasteiger partial charge in [-0.3, -0.25) is 4.90 Å². The molecule has 2 atom stereocenters. The molecule has 102 valence electrons. The molecule has 0 radical (unpaired) electrons. The summed E-state index contributed by atoms with van der Waals surface area (Å²) in [6.45, 7) is 11.6. The fourth-order valence-corrected chi connectivity index (χ4v) is 2.02. The van der Waals surface area contributed by atoms with Gasteiger partial charge in [0.1, 0.15) is 0 Å². The van der Waals surface area contributed by atoms with Crippen molar-refractivity contribution in [1.29, 1.82) is 0 Å². The first-order valence-corrected chi connectivity index (χ1v) is 6.64. The summed E-state index contributed by atoms with van der Waals surface area (Å²) in [6, 6.07) is 0.225. The van der Waals surface area contributed by atoms with E-state index in [1.54, 1.807) is 0 Å². The molecule has 2 rings (SSSR count). The van der Waals surface area contributed by atoms with Crippen molar-refractivity contribution in [3.8, 4) is 0 Å². The SMILES string of the molecule is CC(c1nc(C2CNCCN2C)no1)C(C)(C)C. The minimum Gasteiger partial charge on any atom is -0.339 e. The molecule has 1 saturated heterocycles. The predicted molar refractivity (Wildman–Crippen MR) is 70.4 cm³/mol. The molecular formula is C13H24N4O. The zero-order valence-electron chi connectivity index (χ0n) is 12.0. The molecule has 5 heteroatoms. The third-order valence-electron chi connectivity index (χ3n) is 3.94. The van der Waals surface area contributed by atoms with Crippen LogP contribution in [0.1, 0.15) is 51.4 Å². The highest BCUT2D eigenvalue weighted by Gasteiger charge is 2.30. The van der Waals surface area contributed by atoms with Crippen LogP contribution >= 0.6 is 0 Å². The van der Waals surface area contributed by atoms with Gasteiger partial charge in [-0.15, -0.1) is 0 Å². The number of rotatable bonds is 2. The molecule has 5 nitrogen and oxygen atoms in total. The second-order valence-electron chi connectivity index (χ2n) is 6.28. The molecule has 1 aromatic rings. The molecular weight excluding hydrogens is 228 g/mol. The van der Waals surface area contributed by atoms with Crippen molar-refractivity contribution < 1.29 is 4.52 Å². The molecule has 1 aliphatic heterocycles. The Kier molecular flexibility index (Phi) is 3.73. The molecule has 1 aromatic heterocycles. The quantitative estimate of drug-likeness (QED) is 0.869. The predicted octanol–water partition coefficient (Wildman–Crippen LogP) is 1.80. The highest BCUT2D eigenvalue weighted by molar-refractivity contribution is 5.02. The van der Waals surface area contributed by atoms with Crippen LogP contribution in [-0.2, 0) is 0 Å². The first-order valence-electron chi connectivity index (χ1n) is 6.64. The summed E-state index contributed by atoms with van der Waals surface area (Å²) >= 11 is 0. The lowest BCUT2D eigenvalue weighted by molar-refractivity contribution is 0.189. The number of hydrogen-bond donors (Lipinski definition) is 1. The summed E-state index contributed by atoms with van der Waals surface area (Å²) in [5.41, 5.74) is 0.139. The number of hydrogen-bond acceptors (Lipinski definition) is 5. The Labute approximate surface area is 109 Å². The summed E-state index contributed by atoms with van der Waals surface area (Å²) in [6.07, 6.45) is 0. The Morgan fingerprint density at radius 2 is 2.17 bits per heavy atom. The zero-order valence-corrected chi connectivity index (χ0v) is 12.0. The molecule has 0 spiro atoms. The largest absolute Gasteiger partial charge is 0.339 e. The van der Waals surface area contributed by atoms with E-state index in [-0.39, 0.29) is 17.4 Å². The Balaban J connectivity index is 2.15. The van der Waals surface area contributed by atoms with Crippen LogP contribution in [0.15, 0.2) is 4.52 Å². The molecule has 0 bridgehead atoms. The number of nitrogens with one attached hydrogen (secondary N) is 1. The van der Waals surface area contributed by atoms with Crippen molar-refractivity contribution in [2.24, 2.45) is 5.41 Å². The topological polar surface area (TPSA) is 54.2 Å². The minimum atomic E-state index is 0.139. The maximum absolute atomic E-state index is 5.44. The highest BCUT2D eigenvalue weighted by Crippen LogP contribution is 2.34. The third kappa shape index (κ3) is 2.72. The lowest BCUT2D eigenvalue weighted by atomic mass is 9.82. The summed E-state index contributed by atoms with van der Waals surface area (Å²) in [5, 5.41) is 7.53. The number of likely N-dealkylation sites (N-methyl/N-ethyl adjacent to an activating group) is 1. The Hall–Kier alpha value is -0.940. The van der Waals surface area contributed by atoms with Crippen LogP contribution in [0.2, 0.25) is 0 Å². The van der Waals surface area contributed by atoms with Gasteiger partial charge in [0.05, 0.1) is 6.04 Å². The van der Waals surface area contributed by atoms with Gasteiger partial charge < -0.3 is 9.84 Å². The summed E-state index contributed by atoms with van der Waals surface area (Å²) in [4.78, 5) is 6.86. The fraction of sp³-hybridized carbons (Fsp3) is 0.846.